The number of rotatable bonds is 11. The molecule has 0 aromatic carbocycles. The minimum Gasteiger partial charge on any atom is -0.689 e. The van der Waals surface area contributed by atoms with E-state index in [1.807, 2.05) is 0 Å². The predicted octanol–water partition coefficient (Wildman–Crippen LogP) is -9.19. The molecule has 0 atom stereocenters. The molecular weight excluding hydrogens is 238 g/mol. The molecule has 0 bridgehead atoms. The molecule has 0 amide bonds. The van der Waals surface area contributed by atoms with E-state index in [1.165, 1.54) is 0 Å². The van der Waals surface area contributed by atoms with Crippen molar-refractivity contribution >= 4 is 0 Å². The van der Waals surface area contributed by atoms with Gasteiger partial charge in [-0.2, -0.15) is 0 Å². The normalized spacial score (nSPS) is 9.38. The molecule has 0 aromatic heterocycles. The van der Waals surface area contributed by atoms with Crippen molar-refractivity contribution in [2.24, 2.45) is 0 Å². The van der Waals surface area contributed by atoms with Gasteiger partial charge in [0, 0.05) is 0 Å². The van der Waals surface area contributed by atoms with Gasteiger partial charge in [-0.25, -0.2) is 0 Å². The Morgan fingerprint density at radius 3 is 0.750 bits per heavy atom. The summed E-state index contributed by atoms with van der Waals surface area (Å²) in [6.07, 6.45) is 0. The molecule has 16 heteroatoms. The van der Waals surface area contributed by atoms with Crippen LogP contribution in [0.5, 0.6) is 0 Å². The van der Waals surface area contributed by atoms with Crippen LogP contribution in [0.3, 0.4) is 0 Å². The topological polar surface area (TPSA) is 157 Å². The Balaban J connectivity index is -0.000000845. The standard InChI is InChI=1S/2Li.H2O14/c;;1-3-5-7-9-11-13-14-12-10-8-6-4-2/h;;1-2H/q2*+1;/p-2. The van der Waals surface area contributed by atoms with E-state index >= 15 is 0 Å². The summed E-state index contributed by atoms with van der Waals surface area (Å²) in [5.41, 5.74) is 0. The Labute approximate surface area is 109 Å². The second-order valence-corrected chi connectivity index (χ2v) is 0.816. The molecule has 16 heavy (non-hydrogen) atoms. The van der Waals surface area contributed by atoms with Gasteiger partial charge < -0.3 is 10.5 Å². The predicted molar refractivity (Wildman–Crippen MR) is 13.0 cm³/mol. The Kier molecular flexibility index (Phi) is 28.7. The average Bonchev–Trinajstić information content (AvgIpc) is 2.21. The zero-order valence-corrected chi connectivity index (χ0v) is 7.72. The van der Waals surface area contributed by atoms with Gasteiger partial charge in [0.05, 0.1) is 0 Å². The molecule has 0 saturated heterocycles. The first-order valence-corrected chi connectivity index (χ1v) is 2.17. The molecule has 86 valence electrons. The van der Waals surface area contributed by atoms with Crippen LogP contribution < -0.4 is 48.2 Å². The van der Waals surface area contributed by atoms with Gasteiger partial charge in [-0.15, -0.1) is 0 Å². The maximum absolute atomic E-state index is 9.00. The molecule has 0 aliphatic rings. The van der Waals surface area contributed by atoms with Crippen molar-refractivity contribution in [3.8, 4) is 0 Å². The third kappa shape index (κ3) is 20.1. The van der Waals surface area contributed by atoms with Crippen molar-refractivity contribution in [1.82, 2.24) is 0 Å². The molecule has 0 aliphatic carbocycles. The summed E-state index contributed by atoms with van der Waals surface area (Å²) in [4.78, 5) is 0. The Hall–Kier alpha value is 0.635. The molecule has 0 unspecified atom stereocenters. The van der Waals surface area contributed by atoms with Crippen LogP contribution in [0.4, 0.5) is 0 Å². The summed E-state index contributed by atoms with van der Waals surface area (Å²) < 4.78 is 0. The third-order valence-electron chi connectivity index (χ3n) is 0.306. The molecule has 0 aromatic rings. The summed E-state index contributed by atoms with van der Waals surface area (Å²) in [5.74, 6) is 0. The first kappa shape index (κ1) is 21.9. The van der Waals surface area contributed by atoms with E-state index in [0.717, 1.165) is 0 Å². The molecule has 0 rings (SSSR count). The first-order valence-electron chi connectivity index (χ1n) is 2.17. The molecule has 14 nitrogen and oxygen atoms in total. The van der Waals surface area contributed by atoms with Gasteiger partial charge in [0.15, 0.2) is 0 Å². The molecule has 0 radical (unpaired) electrons. The SMILES string of the molecule is [Li+].[Li+].[O-]OOOOOOOOOOOO[O-]. The van der Waals surface area contributed by atoms with Crippen LogP contribution in [0.15, 0.2) is 0 Å². The maximum Gasteiger partial charge on any atom is 1.00 e. The van der Waals surface area contributed by atoms with Crippen LogP contribution >= 0.6 is 0 Å². The molecule has 0 fully saturated rings. The summed E-state index contributed by atoms with van der Waals surface area (Å²) in [7, 11) is 0. The van der Waals surface area contributed by atoms with Crippen molar-refractivity contribution in [3.05, 3.63) is 0 Å². The van der Waals surface area contributed by atoms with Gasteiger partial charge in [0.1, 0.15) is 0 Å². The Morgan fingerprint density at radius 1 is 0.375 bits per heavy atom. The monoisotopic (exact) mass is 238 g/mol. The van der Waals surface area contributed by atoms with E-state index in [-0.39, 0.29) is 37.7 Å². The van der Waals surface area contributed by atoms with Crippen molar-refractivity contribution in [2.45, 2.75) is 0 Å². The number of hydrogen-bond acceptors (Lipinski definition) is 14. The van der Waals surface area contributed by atoms with Gasteiger partial charge in [-0.1, -0.05) is 0 Å². The van der Waals surface area contributed by atoms with E-state index < -0.39 is 0 Å². The van der Waals surface area contributed by atoms with Gasteiger partial charge in [0.2, 0.25) is 0 Å². The minimum atomic E-state index is 0. The summed E-state index contributed by atoms with van der Waals surface area (Å²) in [6.45, 7) is 0. The van der Waals surface area contributed by atoms with Crippen LogP contribution in [0.1, 0.15) is 0 Å². The van der Waals surface area contributed by atoms with E-state index in [2.05, 4.69) is 60.5 Å². The van der Waals surface area contributed by atoms with Crippen molar-refractivity contribution in [1.29, 1.82) is 0 Å². The first-order chi connectivity index (χ1) is 6.91. The zero-order chi connectivity index (χ0) is 10.5. The minimum absolute atomic E-state index is 0. The Morgan fingerprint density at radius 2 is 0.562 bits per heavy atom. The quantitative estimate of drug-likeness (QED) is 0.144. The fourth-order valence-corrected chi connectivity index (χ4v) is 0.113. The molecule has 0 heterocycles. The molecule has 0 aliphatic heterocycles. The van der Waals surface area contributed by atoms with Crippen molar-refractivity contribution in [3.63, 3.8) is 0 Å². The van der Waals surface area contributed by atoms with Gasteiger partial charge in [-0.3, -0.25) is 10.1 Å². The zero-order valence-electron chi connectivity index (χ0n) is 7.72. The number of hydrogen-bond donors (Lipinski definition) is 0. The second-order valence-electron chi connectivity index (χ2n) is 0.816. The largest absolute Gasteiger partial charge is 1.00 e. The Bertz CT molecular complexity index is 82.7. The van der Waals surface area contributed by atoms with Crippen LogP contribution in [0.2, 0.25) is 0 Å². The van der Waals surface area contributed by atoms with Crippen LogP contribution in [0, 0.1) is 0 Å². The van der Waals surface area contributed by atoms with Crippen LogP contribution in [-0.4, -0.2) is 0 Å². The second kappa shape index (κ2) is 21.0. The molecule has 0 saturated carbocycles. The van der Waals surface area contributed by atoms with E-state index in [1.54, 1.807) is 0 Å². The van der Waals surface area contributed by atoms with Crippen molar-refractivity contribution < 1.29 is 109 Å². The van der Waals surface area contributed by atoms with Gasteiger partial charge >= 0.3 is 37.7 Å². The fourth-order valence-electron chi connectivity index (χ4n) is 0.113. The summed E-state index contributed by atoms with van der Waals surface area (Å²) in [5, 5.41) is 56.0. The maximum atomic E-state index is 9.00. The molecule has 0 spiro atoms. The fraction of sp³-hybridized carbons (Fsp3) is 0. The van der Waals surface area contributed by atoms with Crippen molar-refractivity contribution in [2.75, 3.05) is 0 Å². The van der Waals surface area contributed by atoms with Crippen LogP contribution in [0.25, 0.3) is 0 Å². The average molecular weight is 238 g/mol. The summed E-state index contributed by atoms with van der Waals surface area (Å²) >= 11 is 0. The molecule has 0 N–H and O–H groups in total. The summed E-state index contributed by atoms with van der Waals surface area (Å²) in [6, 6.07) is 0. The van der Waals surface area contributed by atoms with E-state index in [0.29, 0.717) is 0 Å². The van der Waals surface area contributed by atoms with Crippen LogP contribution in [-0.2, 0) is 60.5 Å². The van der Waals surface area contributed by atoms with Gasteiger partial charge in [-0.05, 0) is 50.4 Å². The third-order valence-corrected chi connectivity index (χ3v) is 0.306. The van der Waals surface area contributed by atoms with E-state index in [9.17, 15) is 0 Å². The molecular formula is Li2O14. The smallest absolute Gasteiger partial charge is 0.689 e. The van der Waals surface area contributed by atoms with Gasteiger partial charge in [0.25, 0.3) is 0 Å². The van der Waals surface area contributed by atoms with E-state index in [4.69, 9.17) is 10.5 Å².